The van der Waals surface area contributed by atoms with Crippen molar-refractivity contribution in [2.24, 2.45) is 0 Å². The summed E-state index contributed by atoms with van der Waals surface area (Å²) in [5.41, 5.74) is 1.07. The number of hydrogen-bond acceptors (Lipinski definition) is 5. The number of para-hydroxylation sites is 2. The van der Waals surface area contributed by atoms with Crippen LogP contribution in [-0.2, 0) is 11.2 Å². The number of rotatable bonds is 7. The van der Waals surface area contributed by atoms with Crippen molar-refractivity contribution in [2.75, 3.05) is 5.32 Å². The second-order valence-corrected chi connectivity index (χ2v) is 6.62. The maximum atomic E-state index is 13.4. The van der Waals surface area contributed by atoms with Crippen molar-refractivity contribution in [2.45, 2.75) is 12.8 Å². The number of benzene rings is 3. The Hall–Kier alpha value is -4.07. The minimum Gasteiger partial charge on any atom is -0.455 e. The number of halogens is 2. The van der Waals surface area contributed by atoms with Gasteiger partial charge in [0.15, 0.2) is 5.75 Å². The SMILES string of the molecule is O=C(CCc1nc(-c2ccc(F)cc2)no1)Nc1ccccc1Oc1cccc(F)c1. The Morgan fingerprint density at radius 2 is 1.77 bits per heavy atom. The summed E-state index contributed by atoms with van der Waals surface area (Å²) in [5.74, 6) is 0.267. The van der Waals surface area contributed by atoms with E-state index in [4.69, 9.17) is 9.26 Å². The lowest BCUT2D eigenvalue weighted by Crippen LogP contribution is -2.13. The predicted octanol–water partition coefficient (Wildman–Crippen LogP) is 5.38. The van der Waals surface area contributed by atoms with Gasteiger partial charge in [-0.1, -0.05) is 23.4 Å². The summed E-state index contributed by atoms with van der Waals surface area (Å²) in [5, 5.41) is 6.63. The molecule has 1 amide bonds. The average Bonchev–Trinajstić information content (AvgIpc) is 3.23. The third-order valence-electron chi connectivity index (χ3n) is 4.32. The van der Waals surface area contributed by atoms with Gasteiger partial charge >= 0.3 is 0 Å². The molecule has 156 valence electrons. The van der Waals surface area contributed by atoms with Gasteiger partial charge in [-0.15, -0.1) is 0 Å². The molecule has 3 aromatic carbocycles. The Labute approximate surface area is 176 Å². The molecular weight excluding hydrogens is 404 g/mol. The van der Waals surface area contributed by atoms with E-state index in [1.165, 1.54) is 30.3 Å². The van der Waals surface area contributed by atoms with E-state index in [0.717, 1.165) is 0 Å². The topological polar surface area (TPSA) is 77.2 Å². The molecule has 1 heterocycles. The van der Waals surface area contributed by atoms with Crippen LogP contribution in [0.15, 0.2) is 77.3 Å². The molecule has 0 fully saturated rings. The third-order valence-corrected chi connectivity index (χ3v) is 4.32. The van der Waals surface area contributed by atoms with Gasteiger partial charge in [0.25, 0.3) is 0 Å². The third kappa shape index (κ3) is 5.30. The molecule has 0 saturated carbocycles. The summed E-state index contributed by atoms with van der Waals surface area (Å²) in [6.45, 7) is 0. The predicted molar refractivity (Wildman–Crippen MR) is 110 cm³/mol. The molecule has 0 aliphatic heterocycles. The zero-order valence-electron chi connectivity index (χ0n) is 16.2. The lowest BCUT2D eigenvalue weighted by Gasteiger charge is -2.12. The maximum Gasteiger partial charge on any atom is 0.227 e. The molecule has 6 nitrogen and oxygen atoms in total. The molecule has 1 aromatic heterocycles. The maximum absolute atomic E-state index is 13.4. The van der Waals surface area contributed by atoms with E-state index in [2.05, 4.69) is 15.5 Å². The van der Waals surface area contributed by atoms with Crippen LogP contribution in [0.4, 0.5) is 14.5 Å². The van der Waals surface area contributed by atoms with Gasteiger partial charge in [-0.25, -0.2) is 8.78 Å². The molecule has 4 aromatic rings. The van der Waals surface area contributed by atoms with E-state index in [0.29, 0.717) is 34.5 Å². The second-order valence-electron chi connectivity index (χ2n) is 6.62. The Morgan fingerprint density at radius 1 is 0.968 bits per heavy atom. The minimum atomic E-state index is -0.418. The summed E-state index contributed by atoms with van der Waals surface area (Å²) < 4.78 is 37.3. The number of ether oxygens (including phenoxy) is 1. The van der Waals surface area contributed by atoms with Crippen LogP contribution in [0.3, 0.4) is 0 Å². The molecule has 0 bridgehead atoms. The molecule has 0 aliphatic rings. The van der Waals surface area contributed by atoms with E-state index in [1.54, 1.807) is 42.5 Å². The molecule has 8 heteroatoms. The molecule has 0 aliphatic carbocycles. The zero-order valence-corrected chi connectivity index (χ0v) is 16.2. The number of amides is 1. The summed E-state index contributed by atoms with van der Waals surface area (Å²) >= 11 is 0. The summed E-state index contributed by atoms with van der Waals surface area (Å²) in [6.07, 6.45) is 0.326. The normalized spacial score (nSPS) is 10.6. The van der Waals surface area contributed by atoms with Crippen LogP contribution in [0, 0.1) is 11.6 Å². The number of nitrogens with zero attached hydrogens (tertiary/aromatic N) is 2. The largest absolute Gasteiger partial charge is 0.455 e. The highest BCUT2D eigenvalue weighted by atomic mass is 19.1. The first-order chi connectivity index (χ1) is 15.1. The molecule has 31 heavy (non-hydrogen) atoms. The summed E-state index contributed by atoms with van der Waals surface area (Å²) in [4.78, 5) is 16.6. The van der Waals surface area contributed by atoms with Gasteiger partial charge in [0, 0.05) is 24.5 Å². The number of hydrogen-bond donors (Lipinski definition) is 1. The molecular formula is C23H17F2N3O3. The first kappa shape index (κ1) is 20.2. The molecule has 0 saturated heterocycles. The Bertz CT molecular complexity index is 1190. The summed E-state index contributed by atoms with van der Waals surface area (Å²) in [7, 11) is 0. The van der Waals surface area contributed by atoms with Gasteiger partial charge < -0.3 is 14.6 Å². The van der Waals surface area contributed by atoms with Gasteiger partial charge in [-0.05, 0) is 48.5 Å². The van der Waals surface area contributed by atoms with E-state index >= 15 is 0 Å². The number of anilines is 1. The van der Waals surface area contributed by atoms with Gasteiger partial charge in [0.2, 0.25) is 17.6 Å². The van der Waals surface area contributed by atoms with Crippen molar-refractivity contribution in [3.63, 3.8) is 0 Å². The molecule has 4 rings (SSSR count). The van der Waals surface area contributed by atoms with Crippen LogP contribution in [-0.4, -0.2) is 16.0 Å². The standard InChI is InChI=1S/C23H17F2N3O3/c24-16-10-8-15(9-11-16)23-27-22(31-28-23)13-12-21(29)26-19-6-1-2-7-20(19)30-18-5-3-4-17(25)14-18/h1-11,14H,12-13H2,(H,26,29). The fourth-order valence-corrected chi connectivity index (χ4v) is 2.82. The van der Waals surface area contributed by atoms with Crippen molar-refractivity contribution < 1.29 is 22.8 Å². The zero-order chi connectivity index (χ0) is 21.6. The van der Waals surface area contributed by atoms with Crippen LogP contribution in [0.25, 0.3) is 11.4 Å². The van der Waals surface area contributed by atoms with Gasteiger partial charge in [0.05, 0.1) is 5.69 Å². The van der Waals surface area contributed by atoms with E-state index in [9.17, 15) is 13.6 Å². The van der Waals surface area contributed by atoms with Crippen molar-refractivity contribution in [1.82, 2.24) is 10.1 Å². The quantitative estimate of drug-likeness (QED) is 0.434. The first-order valence-corrected chi connectivity index (χ1v) is 9.48. The fraction of sp³-hybridized carbons (Fsp3) is 0.0870. The second kappa shape index (κ2) is 9.17. The van der Waals surface area contributed by atoms with E-state index in [1.807, 2.05) is 0 Å². The van der Waals surface area contributed by atoms with Crippen LogP contribution in [0.1, 0.15) is 12.3 Å². The van der Waals surface area contributed by atoms with Gasteiger partial charge in [0.1, 0.15) is 17.4 Å². The number of aromatic nitrogens is 2. The number of carbonyl (C=O) groups excluding carboxylic acids is 1. The first-order valence-electron chi connectivity index (χ1n) is 9.48. The van der Waals surface area contributed by atoms with Crippen LogP contribution < -0.4 is 10.1 Å². The average molecular weight is 421 g/mol. The number of aryl methyl sites for hydroxylation is 1. The molecule has 0 atom stereocenters. The van der Waals surface area contributed by atoms with Crippen LogP contribution in [0.2, 0.25) is 0 Å². The Balaban J connectivity index is 1.37. The Morgan fingerprint density at radius 3 is 2.58 bits per heavy atom. The molecule has 0 radical (unpaired) electrons. The fourth-order valence-electron chi connectivity index (χ4n) is 2.82. The Kier molecular flexibility index (Phi) is 5.98. The van der Waals surface area contributed by atoms with Crippen molar-refractivity contribution in [3.8, 4) is 22.9 Å². The van der Waals surface area contributed by atoms with Crippen LogP contribution in [0.5, 0.6) is 11.5 Å². The monoisotopic (exact) mass is 421 g/mol. The highest BCUT2D eigenvalue weighted by molar-refractivity contribution is 5.92. The van der Waals surface area contributed by atoms with Gasteiger partial charge in [-0.3, -0.25) is 4.79 Å². The lowest BCUT2D eigenvalue weighted by molar-refractivity contribution is -0.116. The highest BCUT2D eigenvalue weighted by Crippen LogP contribution is 2.29. The lowest BCUT2D eigenvalue weighted by atomic mass is 10.2. The van der Waals surface area contributed by atoms with Crippen LogP contribution >= 0.6 is 0 Å². The smallest absolute Gasteiger partial charge is 0.227 e. The molecule has 0 spiro atoms. The van der Waals surface area contributed by atoms with Crippen molar-refractivity contribution in [1.29, 1.82) is 0 Å². The van der Waals surface area contributed by atoms with Crippen molar-refractivity contribution >= 4 is 11.6 Å². The minimum absolute atomic E-state index is 0.0966. The highest BCUT2D eigenvalue weighted by Gasteiger charge is 2.13. The van der Waals surface area contributed by atoms with Gasteiger partial charge in [-0.2, -0.15) is 4.98 Å². The van der Waals surface area contributed by atoms with E-state index in [-0.39, 0.29) is 24.6 Å². The van der Waals surface area contributed by atoms with E-state index < -0.39 is 5.82 Å². The number of nitrogens with one attached hydrogen (secondary N) is 1. The number of carbonyl (C=O) groups is 1. The molecule has 1 N–H and O–H groups in total. The molecule has 0 unspecified atom stereocenters. The van der Waals surface area contributed by atoms with Crippen molar-refractivity contribution in [3.05, 3.63) is 90.3 Å². The summed E-state index contributed by atoms with van der Waals surface area (Å²) in [6, 6.07) is 18.3.